The second kappa shape index (κ2) is 6.33. The fourth-order valence-corrected chi connectivity index (χ4v) is 2.85. The van der Waals surface area contributed by atoms with E-state index in [1.807, 2.05) is 30.3 Å². The molecule has 3 rings (SSSR count). The lowest BCUT2D eigenvalue weighted by atomic mass is 9.92. The van der Waals surface area contributed by atoms with Gasteiger partial charge in [0.1, 0.15) is 0 Å². The van der Waals surface area contributed by atoms with Crippen LogP contribution in [0.2, 0.25) is 0 Å². The Balaban J connectivity index is 1.89. The summed E-state index contributed by atoms with van der Waals surface area (Å²) in [6.45, 7) is 4.12. The first-order valence-electron chi connectivity index (χ1n) is 7.50. The number of hydrogen-bond donors (Lipinski definition) is 1. The summed E-state index contributed by atoms with van der Waals surface area (Å²) in [5, 5.41) is 4.41. The predicted molar refractivity (Wildman–Crippen MR) is 82.5 cm³/mol. The third kappa shape index (κ3) is 2.82. The van der Waals surface area contributed by atoms with E-state index in [1.54, 1.807) is 6.20 Å². The van der Waals surface area contributed by atoms with Crippen molar-refractivity contribution in [1.82, 2.24) is 10.3 Å². The summed E-state index contributed by atoms with van der Waals surface area (Å²) in [6, 6.07) is 9.75. The van der Waals surface area contributed by atoms with Crippen LogP contribution in [0.4, 0.5) is 0 Å². The van der Waals surface area contributed by atoms with E-state index in [1.165, 1.54) is 0 Å². The smallest absolute Gasteiger partial charge is 0.172 e. The molecular weight excluding hydrogens is 264 g/mol. The Kier molecular flexibility index (Phi) is 4.27. The molecule has 0 bridgehead atoms. The van der Waals surface area contributed by atoms with Gasteiger partial charge >= 0.3 is 0 Å². The maximum atomic E-state index is 12.9. The monoisotopic (exact) mass is 284 g/mol. The number of fused-ring (bicyclic) bond motifs is 1. The lowest BCUT2D eigenvalue weighted by Gasteiger charge is -2.18. The summed E-state index contributed by atoms with van der Waals surface area (Å²) in [4.78, 5) is 17.3. The molecule has 1 saturated heterocycles. The number of Topliss-reactive ketones (excluding diaryl/α,β-unsaturated/α-hetero) is 1. The molecule has 0 amide bonds. The molecule has 1 aromatic carbocycles. The normalized spacial score (nSPS) is 21.8. The van der Waals surface area contributed by atoms with Crippen LogP contribution >= 0.6 is 0 Å². The zero-order valence-electron chi connectivity index (χ0n) is 12.2. The Bertz CT molecular complexity index is 636. The number of nitrogens with zero attached hydrogens (tertiary/aromatic N) is 1. The molecular formula is C17H20N2O2. The van der Waals surface area contributed by atoms with Gasteiger partial charge in [-0.1, -0.05) is 25.1 Å². The largest absolute Gasteiger partial charge is 0.379 e. The first kappa shape index (κ1) is 14.2. The molecule has 1 aliphatic rings. The first-order chi connectivity index (χ1) is 10.3. The molecule has 0 saturated carbocycles. The number of carbonyl (C=O) groups is 1. The number of para-hydroxylation sites is 1. The molecule has 0 aliphatic carbocycles. The van der Waals surface area contributed by atoms with Crippen molar-refractivity contribution < 1.29 is 9.53 Å². The van der Waals surface area contributed by atoms with E-state index in [-0.39, 0.29) is 17.7 Å². The molecule has 1 aromatic heterocycles. The molecule has 1 aliphatic heterocycles. The molecule has 2 aromatic rings. The zero-order chi connectivity index (χ0) is 14.7. The second-order valence-electron chi connectivity index (χ2n) is 5.45. The van der Waals surface area contributed by atoms with Crippen LogP contribution < -0.4 is 5.32 Å². The van der Waals surface area contributed by atoms with E-state index in [2.05, 4.69) is 17.2 Å². The van der Waals surface area contributed by atoms with Gasteiger partial charge in [0, 0.05) is 23.2 Å². The van der Waals surface area contributed by atoms with Crippen LogP contribution in [0.25, 0.3) is 10.9 Å². The van der Waals surface area contributed by atoms with Crippen molar-refractivity contribution in [2.75, 3.05) is 19.8 Å². The molecule has 0 radical (unpaired) electrons. The second-order valence-corrected chi connectivity index (χ2v) is 5.45. The fraction of sp³-hybridized carbons (Fsp3) is 0.412. The highest BCUT2D eigenvalue weighted by molar-refractivity contribution is 6.08. The van der Waals surface area contributed by atoms with Crippen molar-refractivity contribution in [3.05, 3.63) is 42.1 Å². The number of ketones is 1. The Labute approximate surface area is 124 Å². The Morgan fingerprint density at radius 1 is 1.33 bits per heavy atom. The van der Waals surface area contributed by atoms with E-state index in [4.69, 9.17) is 4.74 Å². The third-order valence-corrected chi connectivity index (χ3v) is 3.97. The van der Waals surface area contributed by atoms with Crippen LogP contribution in [0.15, 0.2) is 36.5 Å². The van der Waals surface area contributed by atoms with Crippen molar-refractivity contribution in [1.29, 1.82) is 0 Å². The number of hydrogen-bond acceptors (Lipinski definition) is 4. The summed E-state index contributed by atoms with van der Waals surface area (Å²) >= 11 is 0. The number of carbonyl (C=O) groups excluding carboxylic acids is 1. The van der Waals surface area contributed by atoms with Gasteiger partial charge in [0.25, 0.3) is 0 Å². The number of pyridine rings is 1. The summed E-state index contributed by atoms with van der Waals surface area (Å²) in [5.41, 5.74) is 1.48. The molecule has 4 heteroatoms. The Morgan fingerprint density at radius 3 is 3.05 bits per heavy atom. The minimum Gasteiger partial charge on any atom is -0.379 e. The topological polar surface area (TPSA) is 51.2 Å². The van der Waals surface area contributed by atoms with E-state index in [9.17, 15) is 4.79 Å². The van der Waals surface area contributed by atoms with Gasteiger partial charge in [0.15, 0.2) is 5.78 Å². The lowest BCUT2D eigenvalue weighted by Crippen LogP contribution is -2.39. The van der Waals surface area contributed by atoms with Gasteiger partial charge in [-0.15, -0.1) is 0 Å². The molecule has 0 spiro atoms. The first-order valence-corrected chi connectivity index (χ1v) is 7.50. The van der Waals surface area contributed by atoms with Gasteiger partial charge in [-0.3, -0.25) is 9.78 Å². The SMILES string of the molecule is CCCNC1COCC1C(=O)c1cccc2cccnc12. The number of aromatic nitrogens is 1. The minimum atomic E-state index is -0.121. The average Bonchev–Trinajstić information content (AvgIpc) is 3.00. The van der Waals surface area contributed by atoms with Crippen LogP contribution in [0.1, 0.15) is 23.7 Å². The lowest BCUT2D eigenvalue weighted by molar-refractivity contribution is 0.0893. The van der Waals surface area contributed by atoms with Gasteiger partial charge in [-0.25, -0.2) is 0 Å². The molecule has 2 atom stereocenters. The van der Waals surface area contributed by atoms with Crippen molar-refractivity contribution >= 4 is 16.7 Å². The summed E-state index contributed by atoms with van der Waals surface area (Å²) in [5.74, 6) is 0.00885. The van der Waals surface area contributed by atoms with Gasteiger partial charge in [0.05, 0.1) is 24.6 Å². The van der Waals surface area contributed by atoms with E-state index >= 15 is 0 Å². The molecule has 1 N–H and O–H groups in total. The van der Waals surface area contributed by atoms with Crippen LogP contribution in [0.3, 0.4) is 0 Å². The summed E-state index contributed by atoms with van der Waals surface area (Å²) in [6.07, 6.45) is 2.78. The number of benzene rings is 1. The van der Waals surface area contributed by atoms with Gasteiger partial charge in [-0.05, 0) is 25.1 Å². The van der Waals surface area contributed by atoms with Gasteiger partial charge in [0.2, 0.25) is 0 Å². The molecule has 110 valence electrons. The number of rotatable bonds is 5. The Morgan fingerprint density at radius 2 is 2.19 bits per heavy atom. The molecule has 2 heterocycles. The van der Waals surface area contributed by atoms with E-state index in [0.29, 0.717) is 18.8 Å². The van der Waals surface area contributed by atoms with Crippen LogP contribution in [-0.4, -0.2) is 36.6 Å². The highest BCUT2D eigenvalue weighted by Gasteiger charge is 2.34. The van der Waals surface area contributed by atoms with Crippen molar-refractivity contribution in [3.63, 3.8) is 0 Å². The predicted octanol–water partition coefficient (Wildman–Crippen LogP) is 2.43. The molecule has 1 fully saturated rings. The highest BCUT2D eigenvalue weighted by atomic mass is 16.5. The highest BCUT2D eigenvalue weighted by Crippen LogP contribution is 2.24. The average molecular weight is 284 g/mol. The summed E-state index contributed by atoms with van der Waals surface area (Å²) < 4.78 is 5.52. The summed E-state index contributed by atoms with van der Waals surface area (Å²) in [7, 11) is 0. The van der Waals surface area contributed by atoms with Crippen molar-refractivity contribution in [2.24, 2.45) is 5.92 Å². The molecule has 4 nitrogen and oxygen atoms in total. The molecule has 21 heavy (non-hydrogen) atoms. The van der Waals surface area contributed by atoms with Gasteiger partial charge in [-0.2, -0.15) is 0 Å². The number of nitrogens with one attached hydrogen (secondary N) is 1. The van der Waals surface area contributed by atoms with Gasteiger partial charge < -0.3 is 10.1 Å². The van der Waals surface area contributed by atoms with Crippen molar-refractivity contribution in [3.8, 4) is 0 Å². The minimum absolute atomic E-state index is 0.108. The van der Waals surface area contributed by atoms with E-state index < -0.39 is 0 Å². The number of ether oxygens (including phenoxy) is 1. The maximum absolute atomic E-state index is 12.9. The van der Waals surface area contributed by atoms with Crippen LogP contribution in [0, 0.1) is 5.92 Å². The van der Waals surface area contributed by atoms with Crippen LogP contribution in [0.5, 0.6) is 0 Å². The van der Waals surface area contributed by atoms with Crippen LogP contribution in [-0.2, 0) is 4.74 Å². The zero-order valence-corrected chi connectivity index (χ0v) is 12.2. The van der Waals surface area contributed by atoms with Crippen molar-refractivity contribution in [2.45, 2.75) is 19.4 Å². The third-order valence-electron chi connectivity index (χ3n) is 3.97. The Hall–Kier alpha value is -1.78. The standard InChI is InChI=1S/C17H20N2O2/c1-2-8-18-15-11-21-10-14(15)17(20)13-7-3-5-12-6-4-9-19-16(12)13/h3-7,9,14-15,18H,2,8,10-11H2,1H3. The maximum Gasteiger partial charge on any atom is 0.172 e. The van der Waals surface area contributed by atoms with E-state index in [0.717, 1.165) is 23.9 Å². The fourth-order valence-electron chi connectivity index (χ4n) is 2.85. The quantitative estimate of drug-likeness (QED) is 0.857. The molecule has 2 unspecified atom stereocenters.